The largest absolute Gasteiger partial charge is 0.440 e. The molecule has 0 spiro atoms. The zero-order chi connectivity index (χ0) is 9.41. The van der Waals surface area contributed by atoms with Gasteiger partial charge in [-0.15, -0.1) is 0 Å². The fourth-order valence-corrected chi connectivity index (χ4v) is 1.35. The number of amides is 1. The van der Waals surface area contributed by atoms with Gasteiger partial charge in [-0.1, -0.05) is 0 Å². The van der Waals surface area contributed by atoms with Crippen LogP contribution in [0.25, 0.3) is 0 Å². The summed E-state index contributed by atoms with van der Waals surface area (Å²) in [6.07, 6.45) is -0.137. The summed E-state index contributed by atoms with van der Waals surface area (Å²) >= 11 is 0. The van der Waals surface area contributed by atoms with Gasteiger partial charge in [-0.3, -0.25) is 0 Å². The van der Waals surface area contributed by atoms with Crippen LogP contribution in [0.3, 0.4) is 0 Å². The summed E-state index contributed by atoms with van der Waals surface area (Å²) in [6.45, 7) is 3.73. The van der Waals surface area contributed by atoms with Crippen LogP contribution in [0.1, 0.15) is 20.3 Å². The van der Waals surface area contributed by atoms with Gasteiger partial charge in [-0.05, 0) is 13.8 Å². The lowest BCUT2D eigenvalue weighted by molar-refractivity contribution is -0.0234. The Morgan fingerprint density at radius 1 is 1.50 bits per heavy atom. The van der Waals surface area contributed by atoms with Crippen LogP contribution in [0, 0.1) is 0 Å². The van der Waals surface area contributed by atoms with Crippen molar-refractivity contribution in [2.45, 2.75) is 31.5 Å². The van der Waals surface area contributed by atoms with Gasteiger partial charge in [-0.25, -0.2) is 4.79 Å². The lowest BCUT2D eigenvalue weighted by Crippen LogP contribution is -2.32. The third-order valence-corrected chi connectivity index (χ3v) is 2.40. The molecule has 0 saturated heterocycles. The minimum absolute atomic E-state index is 0.119. The Kier molecular flexibility index (Phi) is 2.01. The molecule has 2 unspecified atom stereocenters. The van der Waals surface area contributed by atoms with Crippen molar-refractivity contribution in [2.75, 3.05) is 6.73 Å². The smallest absolute Gasteiger partial charge is 0.405 e. The molecule has 1 saturated carbocycles. The Bertz CT molecular complexity index is 209. The van der Waals surface area contributed by atoms with Crippen molar-refractivity contribution >= 4 is 6.09 Å². The summed E-state index contributed by atoms with van der Waals surface area (Å²) in [5, 5.41) is 0. The van der Waals surface area contributed by atoms with Gasteiger partial charge in [-0.2, -0.15) is 0 Å². The van der Waals surface area contributed by atoms with E-state index in [1.165, 1.54) is 0 Å². The Labute approximate surface area is 71.0 Å². The summed E-state index contributed by atoms with van der Waals surface area (Å²) in [5.41, 5.74) is 9.04. The highest BCUT2D eigenvalue weighted by molar-refractivity contribution is 5.66. The van der Waals surface area contributed by atoms with Crippen LogP contribution in [-0.4, -0.2) is 24.0 Å². The Morgan fingerprint density at radius 2 is 2.08 bits per heavy atom. The average Bonchev–Trinajstić information content (AvgIpc) is 2.31. The van der Waals surface area contributed by atoms with Crippen molar-refractivity contribution in [3.63, 3.8) is 0 Å². The van der Waals surface area contributed by atoms with E-state index in [4.69, 9.17) is 20.9 Å². The molecule has 2 atom stereocenters. The summed E-state index contributed by atoms with van der Waals surface area (Å²) < 4.78 is 10.1. The molecule has 12 heavy (non-hydrogen) atoms. The summed E-state index contributed by atoms with van der Waals surface area (Å²) in [5.74, 6) is 0. The zero-order valence-electron chi connectivity index (χ0n) is 7.29. The van der Waals surface area contributed by atoms with E-state index in [9.17, 15) is 4.79 Å². The van der Waals surface area contributed by atoms with E-state index in [1.807, 2.05) is 6.92 Å². The molecule has 5 nitrogen and oxygen atoms in total. The maximum atomic E-state index is 10.5. The Hall–Kier alpha value is -0.810. The lowest BCUT2D eigenvalue weighted by Gasteiger charge is -2.17. The minimum atomic E-state index is -0.776. The van der Waals surface area contributed by atoms with Crippen LogP contribution in [0.5, 0.6) is 0 Å². The highest BCUT2D eigenvalue weighted by Crippen LogP contribution is 2.52. The van der Waals surface area contributed by atoms with Gasteiger partial charge in [0.05, 0.1) is 6.73 Å². The number of ether oxygens (including phenoxy) is 2. The standard InChI is InChI=1S/C7H14N2O3/c1-6(11-4-8)3-7(6,2)12-5(9)10/h3-4,8H2,1-2H3,(H2,9,10). The molecule has 1 rings (SSSR count). The predicted molar refractivity (Wildman–Crippen MR) is 42.2 cm³/mol. The zero-order valence-corrected chi connectivity index (χ0v) is 7.29. The van der Waals surface area contributed by atoms with E-state index in [1.54, 1.807) is 6.92 Å². The third kappa shape index (κ3) is 1.37. The van der Waals surface area contributed by atoms with E-state index in [0.717, 1.165) is 0 Å². The molecule has 0 aromatic heterocycles. The molecular formula is C7H14N2O3. The number of primary amides is 1. The molecule has 70 valence electrons. The van der Waals surface area contributed by atoms with E-state index >= 15 is 0 Å². The SMILES string of the molecule is CC1(OCN)CC1(C)OC(N)=O. The second-order valence-corrected chi connectivity index (χ2v) is 3.37. The predicted octanol–water partition coefficient (Wildman–Crippen LogP) is -0.0644. The molecule has 1 aliphatic carbocycles. The molecule has 1 aliphatic rings. The maximum absolute atomic E-state index is 10.5. The molecule has 1 amide bonds. The van der Waals surface area contributed by atoms with E-state index < -0.39 is 17.3 Å². The summed E-state index contributed by atoms with van der Waals surface area (Å²) in [6, 6.07) is 0. The molecule has 4 N–H and O–H groups in total. The minimum Gasteiger partial charge on any atom is -0.440 e. The van der Waals surface area contributed by atoms with Crippen molar-refractivity contribution in [2.24, 2.45) is 11.5 Å². The van der Waals surface area contributed by atoms with Crippen molar-refractivity contribution in [1.29, 1.82) is 0 Å². The molecule has 1 fully saturated rings. The maximum Gasteiger partial charge on any atom is 0.405 e. The number of carbonyl (C=O) groups is 1. The van der Waals surface area contributed by atoms with Crippen molar-refractivity contribution in [3.05, 3.63) is 0 Å². The Morgan fingerprint density at radius 3 is 2.50 bits per heavy atom. The number of hydrogen-bond acceptors (Lipinski definition) is 4. The molecule has 0 bridgehead atoms. The number of rotatable bonds is 3. The second kappa shape index (κ2) is 2.60. The van der Waals surface area contributed by atoms with E-state index in [-0.39, 0.29) is 6.73 Å². The van der Waals surface area contributed by atoms with E-state index in [2.05, 4.69) is 0 Å². The monoisotopic (exact) mass is 174 g/mol. The van der Waals surface area contributed by atoms with Crippen molar-refractivity contribution in [3.8, 4) is 0 Å². The van der Waals surface area contributed by atoms with Gasteiger partial charge in [0.1, 0.15) is 11.2 Å². The second-order valence-electron chi connectivity index (χ2n) is 3.37. The summed E-state index contributed by atoms with van der Waals surface area (Å²) in [7, 11) is 0. The fraction of sp³-hybridized carbons (Fsp3) is 0.857. The third-order valence-electron chi connectivity index (χ3n) is 2.40. The van der Waals surface area contributed by atoms with Gasteiger partial charge < -0.3 is 20.9 Å². The number of nitrogens with two attached hydrogens (primary N) is 2. The van der Waals surface area contributed by atoms with Gasteiger partial charge in [0.2, 0.25) is 0 Å². The van der Waals surface area contributed by atoms with Gasteiger partial charge in [0.15, 0.2) is 0 Å². The van der Waals surface area contributed by atoms with Crippen LogP contribution < -0.4 is 11.5 Å². The van der Waals surface area contributed by atoms with E-state index in [0.29, 0.717) is 6.42 Å². The number of hydrogen-bond donors (Lipinski definition) is 2. The van der Waals surface area contributed by atoms with Crippen molar-refractivity contribution in [1.82, 2.24) is 0 Å². The lowest BCUT2D eigenvalue weighted by atomic mass is 10.2. The average molecular weight is 174 g/mol. The number of carbonyl (C=O) groups excluding carboxylic acids is 1. The highest BCUT2D eigenvalue weighted by atomic mass is 16.6. The normalized spacial score (nSPS) is 39.2. The van der Waals surface area contributed by atoms with Gasteiger partial charge in [0.25, 0.3) is 0 Å². The van der Waals surface area contributed by atoms with Crippen molar-refractivity contribution < 1.29 is 14.3 Å². The molecular weight excluding hydrogens is 160 g/mol. The topological polar surface area (TPSA) is 87.6 Å². The molecule has 0 radical (unpaired) electrons. The van der Waals surface area contributed by atoms with Crippen LogP contribution >= 0.6 is 0 Å². The highest BCUT2D eigenvalue weighted by Gasteiger charge is 2.66. The van der Waals surface area contributed by atoms with Gasteiger partial charge >= 0.3 is 6.09 Å². The quantitative estimate of drug-likeness (QED) is 0.586. The molecule has 0 aromatic carbocycles. The van der Waals surface area contributed by atoms with Crippen LogP contribution in [-0.2, 0) is 9.47 Å². The van der Waals surface area contributed by atoms with Crippen LogP contribution in [0.15, 0.2) is 0 Å². The Balaban J connectivity index is 2.51. The first kappa shape index (κ1) is 9.28. The van der Waals surface area contributed by atoms with Crippen LogP contribution in [0.4, 0.5) is 4.79 Å². The molecule has 5 heteroatoms. The summed E-state index contributed by atoms with van der Waals surface area (Å²) in [4.78, 5) is 10.5. The fourth-order valence-electron chi connectivity index (χ4n) is 1.35. The molecule has 0 aromatic rings. The van der Waals surface area contributed by atoms with Gasteiger partial charge in [0, 0.05) is 6.42 Å². The first-order valence-electron chi connectivity index (χ1n) is 3.76. The van der Waals surface area contributed by atoms with Crippen LogP contribution in [0.2, 0.25) is 0 Å². The molecule has 0 aliphatic heterocycles. The molecule has 0 heterocycles. The first-order valence-corrected chi connectivity index (χ1v) is 3.76. The first-order chi connectivity index (χ1) is 5.43.